The zero-order valence-corrected chi connectivity index (χ0v) is 17.2. The molecular formula is C29H17N3. The Morgan fingerprint density at radius 2 is 0.938 bits per heavy atom. The highest BCUT2D eigenvalue weighted by atomic mass is 15.0. The Labute approximate surface area is 182 Å². The maximum atomic E-state index is 5.30. The summed E-state index contributed by atoms with van der Waals surface area (Å²) in [5.41, 5.74) is 9.04. The SMILES string of the molecule is c1ccc2c(c1)c1nc3c4ccccc4n4c5cccc(c5)c5cccc(c5)n2c1cc34. The Morgan fingerprint density at radius 1 is 0.438 bits per heavy atom. The van der Waals surface area contributed by atoms with Crippen LogP contribution in [0.2, 0.25) is 0 Å². The molecule has 0 amide bonds. The topological polar surface area (TPSA) is 21.7 Å². The van der Waals surface area contributed by atoms with Crippen molar-refractivity contribution in [1.82, 2.24) is 13.8 Å². The molecule has 0 spiro atoms. The van der Waals surface area contributed by atoms with Gasteiger partial charge in [-0.3, -0.25) is 0 Å². The van der Waals surface area contributed by atoms with E-state index in [2.05, 4.69) is 112 Å². The molecule has 148 valence electrons. The van der Waals surface area contributed by atoms with Crippen molar-refractivity contribution in [2.24, 2.45) is 0 Å². The average molecular weight is 407 g/mol. The fourth-order valence-corrected chi connectivity index (χ4v) is 5.43. The van der Waals surface area contributed by atoms with Gasteiger partial charge < -0.3 is 8.80 Å². The fourth-order valence-electron chi connectivity index (χ4n) is 5.43. The van der Waals surface area contributed by atoms with Crippen LogP contribution in [0, 0.1) is 0 Å². The number of benzene rings is 4. The molecule has 0 N–H and O–H groups in total. The largest absolute Gasteiger partial charge is 0.308 e. The van der Waals surface area contributed by atoms with Crippen molar-refractivity contribution in [3.05, 3.63) is 103 Å². The Bertz CT molecular complexity index is 1890. The van der Waals surface area contributed by atoms with Gasteiger partial charge in [-0.2, -0.15) is 0 Å². The molecule has 0 atom stereocenters. The highest BCUT2D eigenvalue weighted by Crippen LogP contribution is 2.35. The number of pyridine rings is 1. The lowest BCUT2D eigenvalue weighted by molar-refractivity contribution is 1.31. The fraction of sp³-hybridized carbons (Fsp3) is 0. The molecule has 8 rings (SSSR count). The normalized spacial score (nSPS) is 12.4. The summed E-state index contributed by atoms with van der Waals surface area (Å²) in [4.78, 5) is 5.30. The predicted octanol–water partition coefficient (Wildman–Crippen LogP) is 7.35. The maximum Gasteiger partial charge on any atom is 0.0972 e. The summed E-state index contributed by atoms with van der Waals surface area (Å²) >= 11 is 0. The number of aromatic nitrogens is 3. The van der Waals surface area contributed by atoms with E-state index in [-0.39, 0.29) is 0 Å². The van der Waals surface area contributed by atoms with Crippen molar-refractivity contribution < 1.29 is 0 Å². The molecule has 4 heterocycles. The lowest BCUT2D eigenvalue weighted by atomic mass is 10.1. The number of hydrogen-bond acceptors (Lipinski definition) is 1. The minimum atomic E-state index is 1.05. The van der Waals surface area contributed by atoms with E-state index < -0.39 is 0 Å². The molecule has 0 aliphatic carbocycles. The van der Waals surface area contributed by atoms with Crippen molar-refractivity contribution in [3.63, 3.8) is 0 Å². The van der Waals surface area contributed by atoms with Gasteiger partial charge in [-0.1, -0.05) is 60.7 Å². The van der Waals surface area contributed by atoms with E-state index in [1.807, 2.05) is 0 Å². The van der Waals surface area contributed by atoms with Crippen molar-refractivity contribution >= 4 is 65.7 Å². The van der Waals surface area contributed by atoms with E-state index in [1.54, 1.807) is 0 Å². The summed E-state index contributed by atoms with van der Waals surface area (Å²) in [5, 5.41) is 4.79. The van der Waals surface area contributed by atoms with E-state index in [1.165, 1.54) is 32.6 Å². The second kappa shape index (κ2) is 5.65. The molecule has 0 fully saturated rings. The third kappa shape index (κ3) is 1.94. The molecular weight excluding hydrogens is 390 g/mol. The number of rotatable bonds is 0. The Morgan fingerprint density at radius 3 is 1.47 bits per heavy atom. The minimum absolute atomic E-state index is 1.05. The molecule has 0 saturated carbocycles. The minimum Gasteiger partial charge on any atom is -0.308 e. The first-order valence-corrected chi connectivity index (χ1v) is 10.9. The highest BCUT2D eigenvalue weighted by Gasteiger charge is 2.16. The van der Waals surface area contributed by atoms with Crippen molar-refractivity contribution in [3.8, 4) is 0 Å². The summed E-state index contributed by atoms with van der Waals surface area (Å²) in [6, 6.07) is 37.1. The van der Waals surface area contributed by atoms with Gasteiger partial charge in [-0.05, 0) is 53.2 Å². The van der Waals surface area contributed by atoms with E-state index in [4.69, 9.17) is 4.98 Å². The first kappa shape index (κ1) is 16.3. The molecule has 6 bridgehead atoms. The van der Waals surface area contributed by atoms with Gasteiger partial charge >= 0.3 is 0 Å². The summed E-state index contributed by atoms with van der Waals surface area (Å²) in [6.45, 7) is 0. The molecule has 0 radical (unpaired) electrons. The van der Waals surface area contributed by atoms with Crippen LogP contribution in [0.15, 0.2) is 103 Å². The van der Waals surface area contributed by atoms with Gasteiger partial charge in [-0.25, -0.2) is 4.98 Å². The van der Waals surface area contributed by atoms with Gasteiger partial charge in [0.25, 0.3) is 0 Å². The van der Waals surface area contributed by atoms with Crippen LogP contribution in [0.1, 0.15) is 0 Å². The Balaban J connectivity index is 1.86. The van der Waals surface area contributed by atoms with Crippen LogP contribution in [0.3, 0.4) is 0 Å². The standard InChI is InChI=1S/C29H17N3/c1-3-13-24-22(11-1)28-26-17-27-29(30-28)23-12-2-4-14-25(23)32(27)21-10-6-8-19(16-21)18-7-5-9-20(15-18)31(24)26/h1-17H. The second-order valence-electron chi connectivity index (χ2n) is 8.53. The zero-order valence-electron chi connectivity index (χ0n) is 17.2. The van der Waals surface area contributed by atoms with Gasteiger partial charge in [0.15, 0.2) is 0 Å². The van der Waals surface area contributed by atoms with Gasteiger partial charge in [-0.15, -0.1) is 0 Å². The molecule has 0 unspecified atom stereocenters. The first-order chi connectivity index (χ1) is 15.9. The van der Waals surface area contributed by atoms with E-state index >= 15 is 0 Å². The molecule has 3 nitrogen and oxygen atoms in total. The number of hydrogen-bond donors (Lipinski definition) is 0. The average Bonchev–Trinajstić information content (AvgIpc) is 3.34. The zero-order chi connectivity index (χ0) is 20.8. The molecule has 32 heavy (non-hydrogen) atoms. The third-order valence-corrected chi connectivity index (χ3v) is 6.81. The summed E-state index contributed by atoms with van der Waals surface area (Å²) in [5.74, 6) is 0. The van der Waals surface area contributed by atoms with E-state index in [0.29, 0.717) is 0 Å². The van der Waals surface area contributed by atoms with Gasteiger partial charge in [0, 0.05) is 21.8 Å². The van der Waals surface area contributed by atoms with E-state index in [9.17, 15) is 0 Å². The lowest BCUT2D eigenvalue weighted by Gasteiger charge is -2.01. The van der Waals surface area contributed by atoms with Crippen LogP contribution in [-0.2, 0) is 0 Å². The molecule has 8 aromatic rings. The van der Waals surface area contributed by atoms with Gasteiger partial charge in [0.1, 0.15) is 0 Å². The molecule has 3 heteroatoms. The smallest absolute Gasteiger partial charge is 0.0972 e. The third-order valence-electron chi connectivity index (χ3n) is 6.81. The van der Waals surface area contributed by atoms with Crippen LogP contribution in [0.4, 0.5) is 0 Å². The summed E-state index contributed by atoms with van der Waals surface area (Å²) < 4.78 is 4.72. The molecule has 0 saturated heterocycles. The monoisotopic (exact) mass is 407 g/mol. The lowest BCUT2D eigenvalue weighted by Crippen LogP contribution is -1.87. The first-order valence-electron chi connectivity index (χ1n) is 10.9. The number of nitrogens with zero attached hydrogens (tertiary/aromatic N) is 3. The van der Waals surface area contributed by atoms with Crippen LogP contribution in [0.5, 0.6) is 0 Å². The summed E-state index contributed by atoms with van der Waals surface area (Å²) in [7, 11) is 0. The van der Waals surface area contributed by atoms with Crippen LogP contribution >= 0.6 is 0 Å². The Hall–Kier alpha value is -4.37. The van der Waals surface area contributed by atoms with Crippen molar-refractivity contribution in [2.75, 3.05) is 0 Å². The van der Waals surface area contributed by atoms with Crippen molar-refractivity contribution in [2.45, 2.75) is 0 Å². The molecule has 4 aromatic heterocycles. The van der Waals surface area contributed by atoms with Crippen molar-refractivity contribution in [1.29, 1.82) is 0 Å². The maximum absolute atomic E-state index is 5.30. The van der Waals surface area contributed by atoms with Gasteiger partial charge in [0.2, 0.25) is 0 Å². The van der Waals surface area contributed by atoms with Crippen LogP contribution in [-0.4, -0.2) is 13.8 Å². The molecule has 0 aliphatic rings. The van der Waals surface area contributed by atoms with Gasteiger partial charge in [0.05, 0.1) is 33.1 Å². The number of fused-ring (bicyclic) bond motifs is 13. The van der Waals surface area contributed by atoms with E-state index in [0.717, 1.165) is 33.1 Å². The molecule has 0 aliphatic heterocycles. The second-order valence-corrected chi connectivity index (χ2v) is 8.53. The highest BCUT2D eigenvalue weighted by molar-refractivity contribution is 6.15. The Kier molecular flexibility index (Phi) is 2.89. The van der Waals surface area contributed by atoms with Crippen LogP contribution in [0.25, 0.3) is 65.7 Å². The predicted molar refractivity (Wildman–Crippen MR) is 134 cm³/mol. The molecule has 4 aromatic carbocycles. The summed E-state index contributed by atoms with van der Waals surface area (Å²) in [6.07, 6.45) is 0. The van der Waals surface area contributed by atoms with Crippen LogP contribution < -0.4 is 0 Å². The number of para-hydroxylation sites is 2. The quantitative estimate of drug-likeness (QED) is 0.257.